The maximum Gasteiger partial charge on any atom is 0.324 e. The zero-order chi connectivity index (χ0) is 15.0. The average Bonchev–Trinajstić information content (AvgIpc) is 2.68. The van der Waals surface area contributed by atoms with Crippen molar-refractivity contribution in [2.24, 2.45) is 11.8 Å². The van der Waals surface area contributed by atoms with E-state index >= 15 is 0 Å². The second-order valence-electron chi connectivity index (χ2n) is 6.27. The van der Waals surface area contributed by atoms with Gasteiger partial charge in [-0.15, -0.1) is 0 Å². The number of nitrogens with zero attached hydrogens (tertiary/aromatic N) is 1. The van der Waals surface area contributed by atoms with Crippen molar-refractivity contribution in [3.8, 4) is 0 Å². The summed E-state index contributed by atoms with van der Waals surface area (Å²) in [6.45, 7) is 10.6. The first-order chi connectivity index (χ1) is 9.58. The zero-order valence-corrected chi connectivity index (χ0v) is 13.7. The summed E-state index contributed by atoms with van der Waals surface area (Å²) < 4.78 is 4.91. The third kappa shape index (κ3) is 5.80. The number of esters is 1. The van der Waals surface area contributed by atoms with Crippen LogP contribution in [0.4, 0.5) is 0 Å². The molecule has 2 unspecified atom stereocenters. The summed E-state index contributed by atoms with van der Waals surface area (Å²) in [5.74, 6) is 1.47. The predicted octanol–water partition coefficient (Wildman–Crippen LogP) is 2.29. The lowest BCUT2D eigenvalue weighted by Gasteiger charge is -2.25. The smallest absolute Gasteiger partial charge is 0.324 e. The van der Waals surface area contributed by atoms with Crippen LogP contribution >= 0.6 is 0 Å². The van der Waals surface area contributed by atoms with E-state index in [-0.39, 0.29) is 12.0 Å². The third-order valence-corrected chi connectivity index (χ3v) is 4.38. The molecule has 2 atom stereocenters. The molecule has 1 aliphatic heterocycles. The van der Waals surface area contributed by atoms with Crippen molar-refractivity contribution in [3.63, 3.8) is 0 Å². The Labute approximate surface area is 124 Å². The number of ether oxygens (including phenoxy) is 1. The van der Waals surface area contributed by atoms with E-state index in [1.807, 2.05) is 0 Å². The number of likely N-dealkylation sites (tertiary alicyclic amines) is 1. The number of carbonyl (C=O) groups is 1. The largest absolute Gasteiger partial charge is 0.468 e. The normalized spacial score (nSPS) is 22.6. The monoisotopic (exact) mass is 284 g/mol. The van der Waals surface area contributed by atoms with Gasteiger partial charge in [-0.1, -0.05) is 20.8 Å². The summed E-state index contributed by atoms with van der Waals surface area (Å²) in [7, 11) is 1.47. The molecule has 1 heterocycles. The molecule has 0 radical (unpaired) electrons. The molecule has 20 heavy (non-hydrogen) atoms. The second kappa shape index (κ2) is 9.35. The Bertz CT molecular complexity index is 282. The molecule has 1 rings (SSSR count). The summed E-state index contributed by atoms with van der Waals surface area (Å²) in [4.78, 5) is 14.3. The standard InChI is InChI=1S/C16H32N2O2/c1-5-9-17-15(16(19)20-4)12-18-10-6-7-14(8-11-18)13(2)3/h13-15,17H,5-12H2,1-4H3. The summed E-state index contributed by atoms with van der Waals surface area (Å²) >= 11 is 0. The number of methoxy groups -OCH3 is 1. The molecule has 4 nitrogen and oxygen atoms in total. The molecule has 118 valence electrons. The molecule has 1 aliphatic rings. The van der Waals surface area contributed by atoms with Crippen LogP contribution in [-0.2, 0) is 9.53 Å². The number of carbonyl (C=O) groups excluding carboxylic acids is 1. The minimum Gasteiger partial charge on any atom is -0.468 e. The van der Waals surface area contributed by atoms with Crippen LogP contribution in [0, 0.1) is 11.8 Å². The third-order valence-electron chi connectivity index (χ3n) is 4.38. The Kier molecular flexibility index (Phi) is 8.15. The SMILES string of the molecule is CCCNC(CN1CCCC(C(C)C)CC1)C(=O)OC. The van der Waals surface area contributed by atoms with Crippen molar-refractivity contribution in [2.75, 3.05) is 33.3 Å². The minimum atomic E-state index is -0.185. The first-order valence-corrected chi connectivity index (χ1v) is 8.12. The Morgan fingerprint density at radius 2 is 2.10 bits per heavy atom. The van der Waals surface area contributed by atoms with Crippen LogP contribution in [0.1, 0.15) is 46.5 Å². The molecule has 4 heteroatoms. The highest BCUT2D eigenvalue weighted by molar-refractivity contribution is 5.75. The molecule has 0 aliphatic carbocycles. The van der Waals surface area contributed by atoms with Crippen LogP contribution in [0.2, 0.25) is 0 Å². The highest BCUT2D eigenvalue weighted by atomic mass is 16.5. The lowest BCUT2D eigenvalue weighted by molar-refractivity contribution is -0.143. The van der Waals surface area contributed by atoms with Gasteiger partial charge in [-0.05, 0) is 57.2 Å². The first-order valence-electron chi connectivity index (χ1n) is 8.12. The first kappa shape index (κ1) is 17.4. The molecule has 0 saturated carbocycles. The molecule has 0 aromatic heterocycles. The van der Waals surface area contributed by atoms with E-state index in [0.717, 1.165) is 44.4 Å². The lowest BCUT2D eigenvalue weighted by Crippen LogP contribution is -2.47. The van der Waals surface area contributed by atoms with Crippen LogP contribution < -0.4 is 5.32 Å². The van der Waals surface area contributed by atoms with Gasteiger partial charge in [0.05, 0.1) is 7.11 Å². The van der Waals surface area contributed by atoms with E-state index in [1.54, 1.807) is 0 Å². The second-order valence-corrected chi connectivity index (χ2v) is 6.27. The van der Waals surface area contributed by atoms with Crippen LogP contribution in [0.3, 0.4) is 0 Å². The van der Waals surface area contributed by atoms with E-state index in [0.29, 0.717) is 0 Å². The van der Waals surface area contributed by atoms with Crippen LogP contribution in [0.5, 0.6) is 0 Å². The van der Waals surface area contributed by atoms with Gasteiger partial charge in [0.25, 0.3) is 0 Å². The van der Waals surface area contributed by atoms with Crippen molar-refractivity contribution in [1.82, 2.24) is 10.2 Å². The van der Waals surface area contributed by atoms with Crippen molar-refractivity contribution in [3.05, 3.63) is 0 Å². The summed E-state index contributed by atoms with van der Waals surface area (Å²) in [5.41, 5.74) is 0. The number of hydrogen-bond acceptors (Lipinski definition) is 4. The van der Waals surface area contributed by atoms with Gasteiger partial charge in [-0.3, -0.25) is 4.79 Å². The molecule has 0 aromatic rings. The molecule has 0 spiro atoms. The minimum absolute atomic E-state index is 0.136. The van der Waals surface area contributed by atoms with Gasteiger partial charge in [0, 0.05) is 6.54 Å². The molecule has 1 fully saturated rings. The van der Waals surface area contributed by atoms with Crippen LogP contribution in [0.25, 0.3) is 0 Å². The predicted molar refractivity (Wildman–Crippen MR) is 82.7 cm³/mol. The Hall–Kier alpha value is -0.610. The maximum atomic E-state index is 11.8. The molecule has 1 N–H and O–H groups in total. The summed E-state index contributed by atoms with van der Waals surface area (Å²) in [6, 6.07) is -0.185. The number of rotatable bonds is 7. The van der Waals surface area contributed by atoms with Gasteiger partial charge in [0.1, 0.15) is 6.04 Å². The molecule has 0 amide bonds. The van der Waals surface area contributed by atoms with Crippen molar-refractivity contribution < 1.29 is 9.53 Å². The fourth-order valence-corrected chi connectivity index (χ4v) is 2.97. The zero-order valence-electron chi connectivity index (χ0n) is 13.7. The van der Waals surface area contributed by atoms with Gasteiger partial charge in [0.2, 0.25) is 0 Å². The highest BCUT2D eigenvalue weighted by Gasteiger charge is 2.24. The van der Waals surface area contributed by atoms with Crippen LogP contribution in [-0.4, -0.2) is 50.2 Å². The maximum absolute atomic E-state index is 11.8. The van der Waals surface area contributed by atoms with E-state index in [4.69, 9.17) is 4.74 Å². The lowest BCUT2D eigenvalue weighted by atomic mass is 9.89. The van der Waals surface area contributed by atoms with Gasteiger partial charge in [0.15, 0.2) is 0 Å². The van der Waals surface area contributed by atoms with Crippen molar-refractivity contribution in [2.45, 2.75) is 52.5 Å². The fourth-order valence-electron chi connectivity index (χ4n) is 2.97. The number of hydrogen-bond donors (Lipinski definition) is 1. The molecule has 0 bridgehead atoms. The quantitative estimate of drug-likeness (QED) is 0.728. The molecule has 1 saturated heterocycles. The average molecular weight is 284 g/mol. The van der Waals surface area contributed by atoms with Gasteiger partial charge >= 0.3 is 5.97 Å². The Balaban J connectivity index is 2.48. The number of nitrogens with one attached hydrogen (secondary N) is 1. The van der Waals surface area contributed by atoms with Gasteiger partial charge in [-0.2, -0.15) is 0 Å². The van der Waals surface area contributed by atoms with Crippen molar-refractivity contribution in [1.29, 1.82) is 0 Å². The highest BCUT2D eigenvalue weighted by Crippen LogP contribution is 2.24. The summed E-state index contributed by atoms with van der Waals surface area (Å²) in [6.07, 6.45) is 4.84. The Morgan fingerprint density at radius 3 is 2.70 bits per heavy atom. The topological polar surface area (TPSA) is 41.6 Å². The molecular weight excluding hydrogens is 252 g/mol. The van der Waals surface area contributed by atoms with Crippen molar-refractivity contribution >= 4 is 5.97 Å². The van der Waals surface area contributed by atoms with Crippen LogP contribution in [0.15, 0.2) is 0 Å². The molecule has 0 aromatic carbocycles. The molecular formula is C16H32N2O2. The Morgan fingerprint density at radius 1 is 1.35 bits per heavy atom. The van der Waals surface area contributed by atoms with E-state index in [1.165, 1.54) is 26.4 Å². The van der Waals surface area contributed by atoms with E-state index < -0.39 is 0 Å². The summed E-state index contributed by atoms with van der Waals surface area (Å²) in [5, 5.41) is 3.31. The van der Waals surface area contributed by atoms with Gasteiger partial charge in [-0.25, -0.2) is 0 Å². The van der Waals surface area contributed by atoms with Gasteiger partial charge < -0.3 is 15.0 Å². The van der Waals surface area contributed by atoms with E-state index in [9.17, 15) is 4.79 Å². The fraction of sp³-hybridized carbons (Fsp3) is 0.938. The van der Waals surface area contributed by atoms with E-state index in [2.05, 4.69) is 31.0 Å².